The van der Waals surface area contributed by atoms with Crippen LogP contribution in [0, 0.1) is 25.7 Å². The molecule has 0 aliphatic carbocycles. The number of ether oxygens (including phenoxy) is 2. The lowest BCUT2D eigenvalue weighted by molar-refractivity contribution is -0.313. The number of carboxylic acid groups (broad SMARTS) is 1. The summed E-state index contributed by atoms with van der Waals surface area (Å²) in [6, 6.07) is 7.77. The largest absolute Gasteiger partial charge is 0.550 e. The number of aryl methyl sites for hydroxylation is 2. The fourth-order valence-corrected chi connectivity index (χ4v) is 5.74. The highest BCUT2D eigenvalue weighted by Crippen LogP contribution is 2.45. The molecule has 1 N–H and O–H groups in total. The quantitative estimate of drug-likeness (QED) is 0.670. The van der Waals surface area contributed by atoms with E-state index in [9.17, 15) is 19.5 Å². The lowest BCUT2D eigenvalue weighted by Crippen LogP contribution is -2.46. The van der Waals surface area contributed by atoms with Crippen LogP contribution in [0.2, 0.25) is 0 Å². The second-order valence-corrected chi connectivity index (χ2v) is 9.93. The van der Waals surface area contributed by atoms with Gasteiger partial charge in [0.05, 0.1) is 24.2 Å². The van der Waals surface area contributed by atoms with Gasteiger partial charge >= 0.3 is 5.97 Å². The smallest absolute Gasteiger partial charge is 0.342 e. The number of fused-ring (bicyclic) bond motifs is 2. The minimum atomic E-state index is -1.28. The number of hydrogen-bond donors (Lipinski definition) is 1. The maximum atomic E-state index is 13.2. The zero-order chi connectivity index (χ0) is 23.2. The minimum Gasteiger partial charge on any atom is -0.550 e. The second-order valence-electron chi connectivity index (χ2n) is 8.71. The van der Waals surface area contributed by atoms with Crippen molar-refractivity contribution in [2.45, 2.75) is 58.8 Å². The average Bonchev–Trinajstić information content (AvgIpc) is 3.41. The summed E-state index contributed by atoms with van der Waals surface area (Å²) in [5.41, 5.74) is 2.92. The van der Waals surface area contributed by atoms with Crippen molar-refractivity contribution in [3.8, 4) is 11.1 Å². The summed E-state index contributed by atoms with van der Waals surface area (Å²) in [6.45, 7) is 7.39. The van der Waals surface area contributed by atoms with Crippen LogP contribution < -0.4 is 10.4 Å². The van der Waals surface area contributed by atoms with Gasteiger partial charge in [-0.3, -0.25) is 4.79 Å². The van der Waals surface area contributed by atoms with Crippen LogP contribution in [-0.4, -0.2) is 36.2 Å². The van der Waals surface area contributed by atoms with Crippen molar-refractivity contribution in [2.24, 2.45) is 11.8 Å². The molecular formula is C24H26NO6S-. The monoisotopic (exact) mass is 456 g/mol. The van der Waals surface area contributed by atoms with Gasteiger partial charge in [-0.2, -0.15) is 0 Å². The van der Waals surface area contributed by atoms with Gasteiger partial charge in [0.2, 0.25) is 5.91 Å². The van der Waals surface area contributed by atoms with Crippen LogP contribution in [0.25, 0.3) is 11.1 Å². The van der Waals surface area contributed by atoms with E-state index in [-0.39, 0.29) is 11.7 Å². The van der Waals surface area contributed by atoms with Gasteiger partial charge in [-0.25, -0.2) is 4.79 Å². The summed E-state index contributed by atoms with van der Waals surface area (Å²) in [6.07, 6.45) is -0.0498. The SMILES string of the molecule is Cc1ccc(-c2c(C)sc(NC(=O)[C@@H]3[C@@H](C(=O)[O-])[C@H]4CC[C@@H]3O4)c2C(=O)OC(C)C)cc1. The first-order valence-electron chi connectivity index (χ1n) is 10.8. The topological polar surface area (TPSA) is 105 Å². The van der Waals surface area contributed by atoms with Crippen LogP contribution in [-0.2, 0) is 19.1 Å². The number of anilines is 1. The van der Waals surface area contributed by atoms with E-state index in [0.29, 0.717) is 23.4 Å². The minimum absolute atomic E-state index is 0.285. The number of carbonyl (C=O) groups is 3. The Labute approximate surface area is 190 Å². The van der Waals surface area contributed by atoms with Gasteiger partial charge in [-0.1, -0.05) is 29.8 Å². The number of nitrogens with one attached hydrogen (secondary N) is 1. The van der Waals surface area contributed by atoms with Gasteiger partial charge in [0.15, 0.2) is 0 Å². The molecule has 2 aromatic rings. The van der Waals surface area contributed by atoms with Crippen molar-refractivity contribution in [2.75, 3.05) is 5.32 Å². The number of carboxylic acids is 1. The molecule has 0 saturated carbocycles. The number of hydrogen-bond acceptors (Lipinski definition) is 7. The van der Waals surface area contributed by atoms with Gasteiger partial charge in [-0.15, -0.1) is 11.3 Å². The molecule has 4 atom stereocenters. The lowest BCUT2D eigenvalue weighted by atomic mass is 9.78. The van der Waals surface area contributed by atoms with E-state index >= 15 is 0 Å². The van der Waals surface area contributed by atoms with Crippen molar-refractivity contribution >= 4 is 34.2 Å². The van der Waals surface area contributed by atoms with Gasteiger partial charge < -0.3 is 24.7 Å². The highest BCUT2D eigenvalue weighted by molar-refractivity contribution is 7.17. The molecule has 1 amide bonds. The molecule has 170 valence electrons. The van der Waals surface area contributed by atoms with E-state index in [1.54, 1.807) is 13.8 Å². The fraction of sp³-hybridized carbons (Fsp3) is 0.458. The van der Waals surface area contributed by atoms with Crippen LogP contribution >= 0.6 is 11.3 Å². The number of amides is 1. The maximum Gasteiger partial charge on any atom is 0.342 e. The molecule has 0 radical (unpaired) electrons. The molecule has 7 nitrogen and oxygen atoms in total. The van der Waals surface area contributed by atoms with E-state index in [0.717, 1.165) is 16.0 Å². The third-order valence-corrected chi connectivity index (χ3v) is 7.08. The third-order valence-electron chi connectivity index (χ3n) is 6.06. The first-order chi connectivity index (χ1) is 15.2. The van der Waals surface area contributed by atoms with Crippen molar-refractivity contribution in [1.82, 2.24) is 0 Å². The fourth-order valence-electron chi connectivity index (χ4n) is 4.67. The zero-order valence-corrected chi connectivity index (χ0v) is 19.3. The van der Waals surface area contributed by atoms with Crippen LogP contribution in [0.5, 0.6) is 0 Å². The molecule has 2 aliphatic heterocycles. The molecule has 1 aromatic heterocycles. The first kappa shape index (κ1) is 22.5. The standard InChI is InChI=1S/C24H27NO6S/c1-11(2)30-24(29)20-17(14-7-5-12(3)6-8-14)13(4)32-22(20)25-21(26)18-15-9-10-16(31-15)19(18)23(27)28/h5-8,11,15-16,18-19H,9-10H2,1-4H3,(H,25,26)(H,27,28)/p-1/t15-,16+,18-,19-/m0/s1. The predicted octanol–water partition coefficient (Wildman–Crippen LogP) is 3.08. The number of thiophene rings is 1. The summed E-state index contributed by atoms with van der Waals surface area (Å²) in [5, 5.41) is 14.9. The van der Waals surface area contributed by atoms with Crippen molar-refractivity contribution in [1.29, 1.82) is 0 Å². The van der Waals surface area contributed by atoms with Crippen LogP contribution in [0.1, 0.15) is 47.5 Å². The van der Waals surface area contributed by atoms with E-state index in [4.69, 9.17) is 9.47 Å². The summed E-state index contributed by atoms with van der Waals surface area (Å²) < 4.78 is 11.2. The average molecular weight is 457 g/mol. The van der Waals surface area contributed by atoms with Crippen molar-refractivity contribution in [3.05, 3.63) is 40.3 Å². The molecule has 0 unspecified atom stereocenters. The highest BCUT2D eigenvalue weighted by atomic mass is 32.1. The second kappa shape index (κ2) is 8.67. The molecule has 3 heterocycles. The Morgan fingerprint density at radius 3 is 2.31 bits per heavy atom. The van der Waals surface area contributed by atoms with Crippen LogP contribution in [0.4, 0.5) is 5.00 Å². The van der Waals surface area contributed by atoms with E-state index in [1.165, 1.54) is 11.3 Å². The molecular weight excluding hydrogens is 430 g/mol. The Morgan fingerprint density at radius 1 is 1.09 bits per heavy atom. The number of aliphatic carboxylic acids is 1. The van der Waals surface area contributed by atoms with E-state index in [2.05, 4.69) is 5.32 Å². The Bertz CT molecular complexity index is 1060. The highest BCUT2D eigenvalue weighted by Gasteiger charge is 2.53. The molecule has 2 saturated heterocycles. The molecule has 2 bridgehead atoms. The molecule has 8 heteroatoms. The van der Waals surface area contributed by atoms with Gasteiger partial charge in [0, 0.05) is 22.3 Å². The van der Waals surface area contributed by atoms with Gasteiger partial charge in [0.1, 0.15) is 10.6 Å². The Balaban J connectivity index is 1.71. The molecule has 2 aliphatic rings. The summed E-state index contributed by atoms with van der Waals surface area (Å²) in [4.78, 5) is 38.8. The molecule has 2 fully saturated rings. The maximum absolute atomic E-state index is 13.2. The zero-order valence-electron chi connectivity index (χ0n) is 18.5. The summed E-state index contributed by atoms with van der Waals surface area (Å²) in [5.74, 6) is -4.12. The number of rotatable bonds is 6. The summed E-state index contributed by atoms with van der Waals surface area (Å²) >= 11 is 1.28. The Kier molecular flexibility index (Phi) is 6.09. The van der Waals surface area contributed by atoms with E-state index in [1.807, 2.05) is 38.1 Å². The normalized spacial score (nSPS) is 24.0. The Hall–Kier alpha value is -2.71. The number of benzene rings is 1. The van der Waals surface area contributed by atoms with Gasteiger partial charge in [0.25, 0.3) is 0 Å². The van der Waals surface area contributed by atoms with Crippen LogP contribution in [0.15, 0.2) is 24.3 Å². The predicted molar refractivity (Wildman–Crippen MR) is 118 cm³/mol. The van der Waals surface area contributed by atoms with E-state index < -0.39 is 41.9 Å². The van der Waals surface area contributed by atoms with Gasteiger partial charge in [-0.05, 0) is 46.1 Å². The summed E-state index contributed by atoms with van der Waals surface area (Å²) in [7, 11) is 0. The lowest BCUT2D eigenvalue weighted by Gasteiger charge is -2.27. The first-order valence-corrected chi connectivity index (χ1v) is 11.6. The third kappa shape index (κ3) is 4.04. The number of esters is 1. The molecule has 0 spiro atoms. The molecule has 1 aromatic carbocycles. The number of carbonyl (C=O) groups excluding carboxylic acids is 3. The van der Waals surface area contributed by atoms with Crippen LogP contribution in [0.3, 0.4) is 0 Å². The van der Waals surface area contributed by atoms with Crippen molar-refractivity contribution < 1.29 is 29.0 Å². The molecule has 4 rings (SSSR count). The van der Waals surface area contributed by atoms with Crippen molar-refractivity contribution in [3.63, 3.8) is 0 Å². The molecule has 32 heavy (non-hydrogen) atoms. The Morgan fingerprint density at radius 2 is 1.72 bits per heavy atom.